The second-order valence-electron chi connectivity index (χ2n) is 8.20. The molecule has 1 fully saturated rings. The molecule has 2 amide bonds. The highest BCUT2D eigenvalue weighted by atomic mass is 32.1. The highest BCUT2D eigenvalue weighted by molar-refractivity contribution is 7.17. The molecular formula is C25H28N6O2S. The number of benzene rings is 2. The Morgan fingerprint density at radius 3 is 2.76 bits per heavy atom. The minimum atomic E-state index is -0.0150. The molecule has 176 valence electrons. The van der Waals surface area contributed by atoms with Crippen LogP contribution >= 0.6 is 11.3 Å². The first-order valence-electron chi connectivity index (χ1n) is 11.5. The van der Waals surface area contributed by atoms with Crippen molar-refractivity contribution in [1.29, 1.82) is 0 Å². The predicted molar refractivity (Wildman–Crippen MR) is 135 cm³/mol. The molecule has 3 heterocycles. The van der Waals surface area contributed by atoms with Crippen LogP contribution in [0.15, 0.2) is 54.2 Å². The number of anilines is 1. The SMILES string of the molecule is CCOc1cc(N2CCN(C(=O)NCc3cccc4sccc34)CC2)ccc1-n1cnc(C)n1. The predicted octanol–water partition coefficient (Wildman–Crippen LogP) is 4.22. The molecular weight excluding hydrogens is 448 g/mol. The summed E-state index contributed by atoms with van der Waals surface area (Å²) in [6, 6.07) is 14.5. The van der Waals surface area contributed by atoms with Crippen LogP contribution < -0.4 is 15.0 Å². The van der Waals surface area contributed by atoms with E-state index in [9.17, 15) is 4.79 Å². The van der Waals surface area contributed by atoms with Crippen LogP contribution in [0.4, 0.5) is 10.5 Å². The van der Waals surface area contributed by atoms with Crippen LogP contribution in [0, 0.1) is 6.92 Å². The highest BCUT2D eigenvalue weighted by Gasteiger charge is 2.22. The summed E-state index contributed by atoms with van der Waals surface area (Å²) in [6.45, 7) is 7.81. The molecule has 0 radical (unpaired) electrons. The van der Waals surface area contributed by atoms with Gasteiger partial charge in [-0.25, -0.2) is 14.5 Å². The molecule has 5 rings (SSSR count). The van der Waals surface area contributed by atoms with Crippen molar-refractivity contribution in [3.05, 3.63) is 65.6 Å². The third-order valence-corrected chi connectivity index (χ3v) is 6.93. The number of carbonyl (C=O) groups is 1. The second kappa shape index (κ2) is 9.72. The zero-order valence-corrected chi connectivity index (χ0v) is 20.2. The Hall–Kier alpha value is -3.59. The van der Waals surface area contributed by atoms with Crippen molar-refractivity contribution >= 4 is 33.1 Å². The van der Waals surface area contributed by atoms with Gasteiger partial charge in [0.2, 0.25) is 0 Å². The van der Waals surface area contributed by atoms with Crippen LogP contribution in [-0.4, -0.2) is 58.5 Å². The van der Waals surface area contributed by atoms with Gasteiger partial charge in [0.15, 0.2) is 0 Å². The third kappa shape index (κ3) is 4.56. The number of thiophene rings is 1. The Kier molecular flexibility index (Phi) is 6.35. The smallest absolute Gasteiger partial charge is 0.317 e. The molecule has 0 unspecified atom stereocenters. The van der Waals surface area contributed by atoms with Crippen molar-refractivity contribution in [2.45, 2.75) is 20.4 Å². The standard InChI is InChI=1S/C25H28N6O2S/c1-3-33-23-15-20(7-8-22(23)31-17-27-18(2)28-31)29-10-12-30(13-11-29)25(32)26-16-19-5-4-6-24-21(19)9-14-34-24/h4-9,14-15,17H,3,10-13,16H2,1-2H3,(H,26,32). The van der Waals surface area contributed by atoms with E-state index in [0.717, 1.165) is 35.8 Å². The van der Waals surface area contributed by atoms with Crippen LogP contribution in [0.25, 0.3) is 15.8 Å². The van der Waals surface area contributed by atoms with Gasteiger partial charge < -0.3 is 19.9 Å². The minimum absolute atomic E-state index is 0.0150. The fourth-order valence-corrected chi connectivity index (χ4v) is 5.12. The molecule has 0 atom stereocenters. The first-order valence-corrected chi connectivity index (χ1v) is 12.4. The maximum absolute atomic E-state index is 12.8. The molecule has 0 bridgehead atoms. The lowest BCUT2D eigenvalue weighted by Crippen LogP contribution is -2.51. The summed E-state index contributed by atoms with van der Waals surface area (Å²) < 4.78 is 8.89. The summed E-state index contributed by atoms with van der Waals surface area (Å²) in [5, 5.41) is 10.8. The minimum Gasteiger partial charge on any atom is -0.492 e. The van der Waals surface area contributed by atoms with Crippen LogP contribution in [0.2, 0.25) is 0 Å². The van der Waals surface area contributed by atoms with Crippen molar-refractivity contribution in [2.24, 2.45) is 0 Å². The molecule has 0 spiro atoms. The summed E-state index contributed by atoms with van der Waals surface area (Å²) >= 11 is 1.72. The number of urea groups is 1. The van der Waals surface area contributed by atoms with Crippen LogP contribution in [0.3, 0.4) is 0 Å². The molecule has 1 aliphatic heterocycles. The van der Waals surface area contributed by atoms with Gasteiger partial charge in [0, 0.05) is 49.2 Å². The summed E-state index contributed by atoms with van der Waals surface area (Å²) in [4.78, 5) is 21.2. The molecule has 34 heavy (non-hydrogen) atoms. The number of ether oxygens (including phenoxy) is 1. The van der Waals surface area contributed by atoms with Gasteiger partial charge in [0.05, 0.1) is 6.61 Å². The summed E-state index contributed by atoms with van der Waals surface area (Å²) in [5.41, 5.74) is 3.09. The van der Waals surface area contributed by atoms with Crippen molar-refractivity contribution in [3.8, 4) is 11.4 Å². The molecule has 0 saturated carbocycles. The number of fused-ring (bicyclic) bond motifs is 1. The zero-order chi connectivity index (χ0) is 23.5. The van der Waals surface area contributed by atoms with Crippen LogP contribution in [0.1, 0.15) is 18.3 Å². The molecule has 1 N–H and O–H groups in total. The molecule has 2 aromatic heterocycles. The van der Waals surface area contributed by atoms with E-state index in [1.54, 1.807) is 22.3 Å². The lowest BCUT2D eigenvalue weighted by Gasteiger charge is -2.36. The number of aryl methyl sites for hydroxylation is 1. The van der Waals surface area contributed by atoms with Gasteiger partial charge in [-0.15, -0.1) is 11.3 Å². The number of piperazine rings is 1. The first kappa shape index (κ1) is 22.2. The number of rotatable bonds is 6. The molecule has 1 aliphatic rings. The average Bonchev–Trinajstić information content (AvgIpc) is 3.52. The third-order valence-electron chi connectivity index (χ3n) is 6.04. The number of amides is 2. The molecule has 2 aromatic carbocycles. The summed E-state index contributed by atoms with van der Waals surface area (Å²) in [5.74, 6) is 1.49. The van der Waals surface area contributed by atoms with Gasteiger partial charge in [-0.1, -0.05) is 12.1 Å². The van der Waals surface area contributed by atoms with Gasteiger partial charge in [0.1, 0.15) is 23.6 Å². The van der Waals surface area contributed by atoms with E-state index in [4.69, 9.17) is 4.74 Å². The monoisotopic (exact) mass is 476 g/mol. The number of hydrogen-bond acceptors (Lipinski definition) is 6. The van der Waals surface area contributed by atoms with Gasteiger partial charge in [-0.2, -0.15) is 5.10 Å². The molecule has 9 heteroatoms. The van der Waals surface area contributed by atoms with E-state index in [1.165, 1.54) is 10.1 Å². The van der Waals surface area contributed by atoms with E-state index in [0.29, 0.717) is 32.1 Å². The Balaban J connectivity index is 1.21. The zero-order valence-electron chi connectivity index (χ0n) is 19.4. The van der Waals surface area contributed by atoms with Crippen molar-refractivity contribution < 1.29 is 9.53 Å². The number of hydrogen-bond donors (Lipinski definition) is 1. The van der Waals surface area contributed by atoms with Crippen LogP contribution in [0.5, 0.6) is 5.75 Å². The number of nitrogens with one attached hydrogen (secondary N) is 1. The van der Waals surface area contributed by atoms with Gasteiger partial charge >= 0.3 is 6.03 Å². The largest absolute Gasteiger partial charge is 0.492 e. The van der Waals surface area contributed by atoms with E-state index >= 15 is 0 Å². The quantitative estimate of drug-likeness (QED) is 0.451. The topological polar surface area (TPSA) is 75.5 Å². The van der Waals surface area contributed by atoms with E-state index in [1.807, 2.05) is 36.9 Å². The lowest BCUT2D eigenvalue weighted by molar-refractivity contribution is 0.194. The number of nitrogens with zero attached hydrogens (tertiary/aromatic N) is 5. The first-order chi connectivity index (χ1) is 16.6. The van der Waals surface area contributed by atoms with Crippen molar-refractivity contribution in [1.82, 2.24) is 25.0 Å². The average molecular weight is 477 g/mol. The van der Waals surface area contributed by atoms with E-state index < -0.39 is 0 Å². The molecule has 8 nitrogen and oxygen atoms in total. The Morgan fingerprint density at radius 1 is 1.15 bits per heavy atom. The van der Waals surface area contributed by atoms with E-state index in [2.05, 4.69) is 49.9 Å². The Morgan fingerprint density at radius 2 is 2.00 bits per heavy atom. The van der Waals surface area contributed by atoms with Crippen molar-refractivity contribution in [3.63, 3.8) is 0 Å². The Bertz CT molecular complexity index is 1290. The molecule has 1 saturated heterocycles. The normalized spacial score (nSPS) is 13.9. The second-order valence-corrected chi connectivity index (χ2v) is 9.15. The number of aromatic nitrogens is 3. The van der Waals surface area contributed by atoms with Gasteiger partial charge in [-0.3, -0.25) is 0 Å². The lowest BCUT2D eigenvalue weighted by atomic mass is 10.1. The van der Waals surface area contributed by atoms with Gasteiger partial charge in [-0.05, 0) is 54.4 Å². The van der Waals surface area contributed by atoms with Gasteiger partial charge in [0.25, 0.3) is 0 Å². The number of carbonyl (C=O) groups excluding carboxylic acids is 1. The van der Waals surface area contributed by atoms with Crippen LogP contribution in [-0.2, 0) is 6.54 Å². The summed E-state index contributed by atoms with van der Waals surface area (Å²) in [6.07, 6.45) is 1.70. The van der Waals surface area contributed by atoms with Crippen molar-refractivity contribution in [2.75, 3.05) is 37.7 Å². The highest BCUT2D eigenvalue weighted by Crippen LogP contribution is 2.29. The Labute approximate surface area is 202 Å². The fourth-order valence-electron chi connectivity index (χ4n) is 4.28. The van der Waals surface area contributed by atoms with E-state index in [-0.39, 0.29) is 6.03 Å². The maximum atomic E-state index is 12.8. The molecule has 0 aliphatic carbocycles. The fraction of sp³-hybridized carbons (Fsp3) is 0.320. The summed E-state index contributed by atoms with van der Waals surface area (Å²) in [7, 11) is 0. The molecule has 4 aromatic rings. The maximum Gasteiger partial charge on any atom is 0.317 e.